The standard InChI is InChI=1S/C15H23BN4O3/c1-14(2)15(3,4)23-16(22-14)10-8-18-13(19-9-10)20-7-5-6-11(20)12(17)21/h8-9,11H,5-7H2,1-4H3,(H2,17,21). The first kappa shape index (κ1) is 16.2. The van der Waals surface area contributed by atoms with Crippen molar-refractivity contribution in [1.29, 1.82) is 0 Å². The van der Waals surface area contributed by atoms with Gasteiger partial charge in [-0.2, -0.15) is 0 Å². The quantitative estimate of drug-likeness (QED) is 0.802. The van der Waals surface area contributed by atoms with Gasteiger partial charge in [0.1, 0.15) is 6.04 Å². The summed E-state index contributed by atoms with van der Waals surface area (Å²) in [6.07, 6.45) is 5.05. The largest absolute Gasteiger partial charge is 0.498 e. The summed E-state index contributed by atoms with van der Waals surface area (Å²) in [5.74, 6) is 0.188. The first-order valence-corrected chi connectivity index (χ1v) is 7.95. The van der Waals surface area contributed by atoms with Crippen LogP contribution in [0.1, 0.15) is 40.5 Å². The first-order chi connectivity index (χ1) is 10.7. The molecule has 0 saturated carbocycles. The van der Waals surface area contributed by atoms with E-state index >= 15 is 0 Å². The lowest BCUT2D eigenvalue weighted by Gasteiger charge is -2.32. The zero-order valence-electron chi connectivity index (χ0n) is 14.1. The molecule has 2 saturated heterocycles. The molecule has 8 heteroatoms. The average molecular weight is 318 g/mol. The van der Waals surface area contributed by atoms with Crippen molar-refractivity contribution >= 4 is 24.4 Å². The molecule has 1 aromatic rings. The number of nitrogens with two attached hydrogens (primary N) is 1. The molecule has 2 aliphatic heterocycles. The van der Waals surface area contributed by atoms with E-state index < -0.39 is 18.3 Å². The Bertz CT molecular complexity index is 589. The molecule has 7 nitrogen and oxygen atoms in total. The van der Waals surface area contributed by atoms with Crippen LogP contribution in [0.3, 0.4) is 0 Å². The third kappa shape index (κ3) is 2.81. The Hall–Kier alpha value is -1.67. The van der Waals surface area contributed by atoms with Crippen LogP contribution < -0.4 is 16.1 Å². The molecule has 0 aliphatic carbocycles. The lowest BCUT2D eigenvalue weighted by Crippen LogP contribution is -2.42. The molecule has 2 fully saturated rings. The number of aromatic nitrogens is 2. The van der Waals surface area contributed by atoms with Crippen LogP contribution in [0.5, 0.6) is 0 Å². The minimum atomic E-state index is -0.487. The van der Waals surface area contributed by atoms with Gasteiger partial charge < -0.3 is 19.9 Å². The minimum Gasteiger partial charge on any atom is -0.399 e. The highest BCUT2D eigenvalue weighted by Crippen LogP contribution is 2.36. The van der Waals surface area contributed by atoms with Gasteiger partial charge in [0.25, 0.3) is 0 Å². The maximum absolute atomic E-state index is 11.5. The molecule has 3 rings (SSSR count). The van der Waals surface area contributed by atoms with E-state index in [2.05, 4.69) is 9.97 Å². The highest BCUT2D eigenvalue weighted by molar-refractivity contribution is 6.61. The molecule has 1 unspecified atom stereocenters. The zero-order valence-corrected chi connectivity index (χ0v) is 14.1. The number of hydrogen-bond donors (Lipinski definition) is 1. The molecule has 0 spiro atoms. The highest BCUT2D eigenvalue weighted by atomic mass is 16.7. The summed E-state index contributed by atoms with van der Waals surface area (Å²) in [4.78, 5) is 22.1. The number of rotatable bonds is 3. The summed E-state index contributed by atoms with van der Waals surface area (Å²) in [5.41, 5.74) is 5.40. The molecule has 3 heterocycles. The Morgan fingerprint density at radius 1 is 1.26 bits per heavy atom. The summed E-state index contributed by atoms with van der Waals surface area (Å²) in [5, 5.41) is 0. The molecular weight excluding hydrogens is 295 g/mol. The second kappa shape index (κ2) is 5.45. The maximum atomic E-state index is 11.5. The van der Waals surface area contributed by atoms with Crippen molar-refractivity contribution < 1.29 is 14.1 Å². The first-order valence-electron chi connectivity index (χ1n) is 7.95. The normalized spacial score (nSPS) is 25.8. The fraction of sp³-hybridized carbons (Fsp3) is 0.667. The summed E-state index contributed by atoms with van der Waals surface area (Å²) in [6.45, 7) is 8.76. The second-order valence-electron chi connectivity index (χ2n) is 7.16. The van der Waals surface area contributed by atoms with E-state index in [1.165, 1.54) is 0 Å². The number of primary amides is 1. The average Bonchev–Trinajstić information content (AvgIpc) is 3.02. The van der Waals surface area contributed by atoms with Crippen LogP contribution in [0.15, 0.2) is 12.4 Å². The Kier molecular flexibility index (Phi) is 3.84. The molecule has 1 aromatic heterocycles. The number of amides is 1. The number of anilines is 1. The monoisotopic (exact) mass is 318 g/mol. The number of hydrogen-bond acceptors (Lipinski definition) is 6. The van der Waals surface area contributed by atoms with Gasteiger partial charge in [-0.3, -0.25) is 4.79 Å². The van der Waals surface area contributed by atoms with E-state index in [4.69, 9.17) is 15.0 Å². The summed E-state index contributed by atoms with van der Waals surface area (Å²) >= 11 is 0. The van der Waals surface area contributed by atoms with Gasteiger partial charge in [0.2, 0.25) is 11.9 Å². The van der Waals surface area contributed by atoms with Gasteiger partial charge in [-0.15, -0.1) is 0 Å². The third-order valence-corrected chi connectivity index (χ3v) is 5.02. The van der Waals surface area contributed by atoms with E-state index in [-0.39, 0.29) is 11.9 Å². The van der Waals surface area contributed by atoms with Gasteiger partial charge in [0, 0.05) is 24.4 Å². The molecule has 0 aromatic carbocycles. The van der Waals surface area contributed by atoms with Gasteiger partial charge in [0.05, 0.1) is 11.2 Å². The lowest BCUT2D eigenvalue weighted by atomic mass is 9.81. The molecule has 2 aliphatic rings. The van der Waals surface area contributed by atoms with Crippen LogP contribution in [0.2, 0.25) is 0 Å². The zero-order chi connectivity index (χ0) is 16.8. The summed E-state index contributed by atoms with van der Waals surface area (Å²) < 4.78 is 12.0. The van der Waals surface area contributed by atoms with Gasteiger partial charge in [0.15, 0.2) is 0 Å². The lowest BCUT2D eigenvalue weighted by molar-refractivity contribution is -0.119. The Morgan fingerprint density at radius 2 is 1.83 bits per heavy atom. The van der Waals surface area contributed by atoms with Crippen molar-refractivity contribution in [2.75, 3.05) is 11.4 Å². The third-order valence-electron chi connectivity index (χ3n) is 5.02. The molecule has 0 radical (unpaired) electrons. The molecule has 0 bridgehead atoms. The molecule has 124 valence electrons. The van der Waals surface area contributed by atoms with Gasteiger partial charge in [-0.1, -0.05) is 0 Å². The topological polar surface area (TPSA) is 90.6 Å². The predicted molar refractivity (Wildman–Crippen MR) is 87.3 cm³/mol. The smallest absolute Gasteiger partial charge is 0.399 e. The van der Waals surface area contributed by atoms with Gasteiger partial charge in [-0.05, 0) is 40.5 Å². The molecule has 1 amide bonds. The van der Waals surface area contributed by atoms with Crippen molar-refractivity contribution in [3.8, 4) is 0 Å². The Labute approximate surface area is 136 Å². The van der Waals surface area contributed by atoms with Crippen molar-refractivity contribution in [2.45, 2.75) is 57.8 Å². The predicted octanol–water partition coefficient (Wildman–Crippen LogP) is 0.230. The Morgan fingerprint density at radius 3 is 2.35 bits per heavy atom. The van der Waals surface area contributed by atoms with Crippen molar-refractivity contribution in [2.24, 2.45) is 5.73 Å². The summed E-state index contributed by atoms with van der Waals surface area (Å²) in [7, 11) is -0.487. The van der Waals surface area contributed by atoms with E-state index in [0.717, 1.165) is 24.8 Å². The van der Waals surface area contributed by atoms with Crippen LogP contribution in [-0.2, 0) is 14.1 Å². The maximum Gasteiger partial charge on any atom is 0.498 e. The summed E-state index contributed by atoms with van der Waals surface area (Å²) in [6, 6.07) is -0.322. The van der Waals surface area contributed by atoms with Crippen LogP contribution in [0.4, 0.5) is 5.95 Å². The highest BCUT2D eigenvalue weighted by Gasteiger charge is 2.52. The fourth-order valence-corrected chi connectivity index (χ4v) is 2.88. The fourth-order valence-electron chi connectivity index (χ4n) is 2.88. The van der Waals surface area contributed by atoms with Crippen LogP contribution in [0.25, 0.3) is 0 Å². The van der Waals surface area contributed by atoms with Gasteiger partial charge in [-0.25, -0.2) is 9.97 Å². The molecule has 23 heavy (non-hydrogen) atoms. The van der Waals surface area contributed by atoms with Crippen LogP contribution in [0, 0.1) is 0 Å². The number of carbonyl (C=O) groups is 1. The van der Waals surface area contributed by atoms with E-state index in [0.29, 0.717) is 5.95 Å². The van der Waals surface area contributed by atoms with Crippen molar-refractivity contribution in [1.82, 2.24) is 9.97 Å². The molecule has 1 atom stereocenters. The SMILES string of the molecule is CC1(C)OB(c2cnc(N3CCCC3C(N)=O)nc2)OC1(C)C. The number of carbonyl (C=O) groups excluding carboxylic acids is 1. The molecule has 2 N–H and O–H groups in total. The van der Waals surface area contributed by atoms with Crippen LogP contribution in [-0.4, -0.2) is 46.8 Å². The van der Waals surface area contributed by atoms with Crippen LogP contribution >= 0.6 is 0 Å². The van der Waals surface area contributed by atoms with Crippen molar-refractivity contribution in [3.63, 3.8) is 0 Å². The number of nitrogens with zero attached hydrogens (tertiary/aromatic N) is 3. The molecular formula is C15H23BN4O3. The minimum absolute atomic E-state index is 0.322. The van der Waals surface area contributed by atoms with E-state index in [1.807, 2.05) is 32.6 Å². The van der Waals surface area contributed by atoms with Gasteiger partial charge >= 0.3 is 7.12 Å². The Balaban J connectivity index is 1.77. The van der Waals surface area contributed by atoms with E-state index in [1.54, 1.807) is 12.4 Å². The second-order valence-corrected chi connectivity index (χ2v) is 7.16. The van der Waals surface area contributed by atoms with E-state index in [9.17, 15) is 4.79 Å². The van der Waals surface area contributed by atoms with Crippen molar-refractivity contribution in [3.05, 3.63) is 12.4 Å².